The van der Waals surface area contributed by atoms with Crippen molar-refractivity contribution in [2.45, 2.75) is 0 Å². The van der Waals surface area contributed by atoms with E-state index in [4.69, 9.17) is 17.3 Å². The predicted molar refractivity (Wildman–Crippen MR) is 75.0 cm³/mol. The summed E-state index contributed by atoms with van der Waals surface area (Å²) in [5.41, 5.74) is 7.54. The van der Waals surface area contributed by atoms with E-state index < -0.39 is 0 Å². The second-order valence-electron chi connectivity index (χ2n) is 3.90. The number of rotatable bonds is 2. The maximum Gasteiger partial charge on any atom is 0.259 e. The van der Waals surface area contributed by atoms with Gasteiger partial charge in [-0.25, -0.2) is 0 Å². The smallest absolute Gasteiger partial charge is 0.259 e. The molecular weight excluding hydrogens is 248 g/mol. The molecule has 0 saturated carbocycles. The molecule has 2 aromatic carbocycles. The number of anilines is 2. The van der Waals surface area contributed by atoms with Crippen molar-refractivity contribution >= 4 is 28.9 Å². The molecule has 0 bridgehead atoms. The Morgan fingerprint density at radius 2 is 1.72 bits per heavy atom. The van der Waals surface area contributed by atoms with Gasteiger partial charge in [-0.2, -0.15) is 0 Å². The van der Waals surface area contributed by atoms with Crippen molar-refractivity contribution < 1.29 is 4.79 Å². The van der Waals surface area contributed by atoms with Crippen molar-refractivity contribution in [2.24, 2.45) is 0 Å². The third-order valence-corrected chi connectivity index (χ3v) is 3.04. The first-order valence-electron chi connectivity index (χ1n) is 5.48. The molecule has 2 N–H and O–H groups in total. The maximum atomic E-state index is 12.3. The summed E-state index contributed by atoms with van der Waals surface area (Å²) in [7, 11) is 1.68. The van der Waals surface area contributed by atoms with E-state index in [2.05, 4.69) is 0 Å². The first kappa shape index (κ1) is 12.5. The number of nitrogens with zero attached hydrogens (tertiary/aromatic N) is 1. The van der Waals surface area contributed by atoms with Crippen LogP contribution in [0.4, 0.5) is 11.4 Å². The zero-order chi connectivity index (χ0) is 13.1. The molecule has 0 saturated heterocycles. The van der Waals surface area contributed by atoms with Crippen LogP contribution in [0.15, 0.2) is 48.5 Å². The summed E-state index contributed by atoms with van der Waals surface area (Å²) in [6, 6.07) is 14.2. The number of para-hydroxylation sites is 2. The Morgan fingerprint density at radius 3 is 2.39 bits per heavy atom. The van der Waals surface area contributed by atoms with Crippen LogP contribution in [-0.4, -0.2) is 13.0 Å². The molecule has 0 spiro atoms. The van der Waals surface area contributed by atoms with E-state index in [0.717, 1.165) is 0 Å². The van der Waals surface area contributed by atoms with Crippen LogP contribution in [0.5, 0.6) is 0 Å². The lowest BCUT2D eigenvalue weighted by Gasteiger charge is -2.19. The molecule has 3 nitrogen and oxygen atoms in total. The summed E-state index contributed by atoms with van der Waals surface area (Å²) in [6.07, 6.45) is 0. The van der Waals surface area contributed by atoms with E-state index >= 15 is 0 Å². The molecule has 92 valence electrons. The van der Waals surface area contributed by atoms with Gasteiger partial charge in [0.15, 0.2) is 0 Å². The van der Waals surface area contributed by atoms with Crippen LogP contribution in [0.2, 0.25) is 5.02 Å². The van der Waals surface area contributed by atoms with Gasteiger partial charge in [0.25, 0.3) is 5.91 Å². The van der Waals surface area contributed by atoms with Crippen molar-refractivity contribution in [3.05, 3.63) is 59.1 Å². The topological polar surface area (TPSA) is 46.3 Å². The first-order valence-corrected chi connectivity index (χ1v) is 5.86. The molecule has 0 fully saturated rings. The average molecular weight is 261 g/mol. The fourth-order valence-corrected chi connectivity index (χ4v) is 1.93. The molecule has 0 atom stereocenters. The van der Waals surface area contributed by atoms with Crippen LogP contribution in [0.1, 0.15) is 10.4 Å². The average Bonchev–Trinajstić information content (AvgIpc) is 2.38. The third kappa shape index (κ3) is 2.31. The summed E-state index contributed by atoms with van der Waals surface area (Å²) >= 11 is 6.01. The monoisotopic (exact) mass is 260 g/mol. The van der Waals surface area contributed by atoms with Crippen molar-refractivity contribution in [1.29, 1.82) is 0 Å². The molecule has 2 rings (SSSR count). The standard InChI is InChI=1S/C14H13ClN2O/c1-17(13-9-5-4-8-12(13)16)14(18)10-6-2-3-7-11(10)15/h2-9H,16H2,1H3. The molecule has 0 heterocycles. The van der Waals surface area contributed by atoms with Crippen molar-refractivity contribution in [3.63, 3.8) is 0 Å². The highest BCUT2D eigenvalue weighted by molar-refractivity contribution is 6.34. The maximum absolute atomic E-state index is 12.3. The van der Waals surface area contributed by atoms with Gasteiger partial charge in [-0.15, -0.1) is 0 Å². The zero-order valence-electron chi connectivity index (χ0n) is 9.93. The van der Waals surface area contributed by atoms with Crippen LogP contribution < -0.4 is 10.6 Å². The number of carbonyl (C=O) groups excluding carboxylic acids is 1. The van der Waals surface area contributed by atoms with Crippen molar-refractivity contribution in [1.82, 2.24) is 0 Å². The summed E-state index contributed by atoms with van der Waals surface area (Å²) in [4.78, 5) is 13.8. The van der Waals surface area contributed by atoms with Gasteiger partial charge in [0, 0.05) is 7.05 Å². The van der Waals surface area contributed by atoms with Crippen LogP contribution >= 0.6 is 11.6 Å². The fraction of sp³-hybridized carbons (Fsp3) is 0.0714. The van der Waals surface area contributed by atoms with E-state index in [9.17, 15) is 4.79 Å². The van der Waals surface area contributed by atoms with E-state index in [1.165, 1.54) is 4.90 Å². The van der Waals surface area contributed by atoms with E-state index in [-0.39, 0.29) is 5.91 Å². The van der Waals surface area contributed by atoms with Crippen LogP contribution in [0, 0.1) is 0 Å². The Hall–Kier alpha value is -2.00. The Labute approximate surface area is 111 Å². The molecule has 2 aromatic rings. The molecule has 1 amide bonds. The minimum atomic E-state index is -0.182. The zero-order valence-corrected chi connectivity index (χ0v) is 10.7. The fourth-order valence-electron chi connectivity index (χ4n) is 1.72. The molecule has 0 unspecified atom stereocenters. The lowest BCUT2D eigenvalue weighted by atomic mass is 10.2. The van der Waals surface area contributed by atoms with Gasteiger partial charge in [-0.1, -0.05) is 35.9 Å². The van der Waals surface area contributed by atoms with Gasteiger partial charge in [0.1, 0.15) is 0 Å². The van der Waals surface area contributed by atoms with E-state index in [1.54, 1.807) is 43.4 Å². The Balaban J connectivity index is 2.36. The van der Waals surface area contributed by atoms with Gasteiger partial charge in [-0.05, 0) is 24.3 Å². The highest BCUT2D eigenvalue weighted by Crippen LogP contribution is 2.24. The highest BCUT2D eigenvalue weighted by Gasteiger charge is 2.17. The lowest BCUT2D eigenvalue weighted by molar-refractivity contribution is 0.0993. The van der Waals surface area contributed by atoms with Crippen LogP contribution in [0.3, 0.4) is 0 Å². The third-order valence-electron chi connectivity index (χ3n) is 2.71. The summed E-state index contributed by atoms with van der Waals surface area (Å²) in [5, 5.41) is 0.434. The Kier molecular flexibility index (Phi) is 3.53. The van der Waals surface area contributed by atoms with E-state index in [0.29, 0.717) is 22.0 Å². The van der Waals surface area contributed by atoms with Gasteiger partial charge < -0.3 is 10.6 Å². The largest absolute Gasteiger partial charge is 0.397 e. The number of amides is 1. The predicted octanol–water partition coefficient (Wildman–Crippen LogP) is 3.20. The SMILES string of the molecule is CN(C(=O)c1ccccc1Cl)c1ccccc1N. The number of nitrogens with two attached hydrogens (primary N) is 1. The number of hydrogen-bond acceptors (Lipinski definition) is 2. The number of nitrogen functional groups attached to an aromatic ring is 1. The minimum Gasteiger partial charge on any atom is -0.397 e. The minimum absolute atomic E-state index is 0.182. The van der Waals surface area contributed by atoms with E-state index in [1.807, 2.05) is 12.1 Å². The quantitative estimate of drug-likeness (QED) is 0.843. The molecule has 0 aromatic heterocycles. The lowest BCUT2D eigenvalue weighted by Crippen LogP contribution is -2.27. The molecule has 18 heavy (non-hydrogen) atoms. The van der Waals surface area contributed by atoms with Gasteiger partial charge >= 0.3 is 0 Å². The molecule has 0 aliphatic rings. The Morgan fingerprint density at radius 1 is 1.11 bits per heavy atom. The number of halogens is 1. The molecular formula is C14H13ClN2O. The number of carbonyl (C=O) groups is 1. The number of hydrogen-bond donors (Lipinski definition) is 1. The summed E-state index contributed by atoms with van der Waals surface area (Å²) < 4.78 is 0. The summed E-state index contributed by atoms with van der Waals surface area (Å²) in [5.74, 6) is -0.182. The molecule has 0 aliphatic carbocycles. The summed E-state index contributed by atoms with van der Waals surface area (Å²) in [6.45, 7) is 0. The normalized spacial score (nSPS) is 10.1. The molecule has 0 aliphatic heterocycles. The van der Waals surface area contributed by atoms with Crippen LogP contribution in [0.25, 0.3) is 0 Å². The second kappa shape index (κ2) is 5.10. The van der Waals surface area contributed by atoms with Gasteiger partial charge in [0.05, 0.1) is 22.0 Å². The van der Waals surface area contributed by atoms with Crippen LogP contribution in [-0.2, 0) is 0 Å². The van der Waals surface area contributed by atoms with Gasteiger partial charge in [0.2, 0.25) is 0 Å². The van der Waals surface area contributed by atoms with Gasteiger partial charge in [-0.3, -0.25) is 4.79 Å². The van der Waals surface area contributed by atoms with Crippen molar-refractivity contribution in [3.8, 4) is 0 Å². The second-order valence-corrected chi connectivity index (χ2v) is 4.31. The molecule has 0 radical (unpaired) electrons. The Bertz CT molecular complexity index is 584. The highest BCUT2D eigenvalue weighted by atomic mass is 35.5. The number of benzene rings is 2. The van der Waals surface area contributed by atoms with Crippen molar-refractivity contribution in [2.75, 3.05) is 17.7 Å². The molecule has 4 heteroatoms. The first-order chi connectivity index (χ1) is 8.61.